The zero-order valence-corrected chi connectivity index (χ0v) is 18.7. The van der Waals surface area contributed by atoms with Gasteiger partial charge >= 0.3 is 5.97 Å². The first-order valence-electron chi connectivity index (χ1n) is 10.3. The highest BCUT2D eigenvalue weighted by Gasteiger charge is 2.20. The summed E-state index contributed by atoms with van der Waals surface area (Å²) in [6.07, 6.45) is 3.72. The number of nitrogens with zero attached hydrogens (tertiary/aromatic N) is 3. The SMILES string of the molecule is CCOC(=O)c1sc(C(C)NC(=NC)NCCCN2CCC(C)CC2)nc1C. The molecule has 1 aliphatic rings. The lowest BCUT2D eigenvalue weighted by atomic mass is 9.99. The summed E-state index contributed by atoms with van der Waals surface area (Å²) in [4.78, 5) is 24.0. The third-order valence-corrected chi connectivity index (χ3v) is 6.36. The van der Waals surface area contributed by atoms with Crippen LogP contribution in [0.2, 0.25) is 0 Å². The zero-order chi connectivity index (χ0) is 20.5. The molecule has 0 spiro atoms. The van der Waals surface area contributed by atoms with Gasteiger partial charge in [0.05, 0.1) is 18.3 Å². The Labute approximate surface area is 173 Å². The second kappa shape index (κ2) is 11.4. The molecule has 0 amide bonds. The van der Waals surface area contributed by atoms with Crippen LogP contribution in [0.15, 0.2) is 4.99 Å². The molecule has 28 heavy (non-hydrogen) atoms. The Morgan fingerprint density at radius 1 is 1.43 bits per heavy atom. The number of aliphatic imine (C=N–C) groups is 1. The third-order valence-electron chi connectivity index (χ3n) is 5.04. The molecule has 158 valence electrons. The first-order chi connectivity index (χ1) is 13.4. The number of hydrogen-bond acceptors (Lipinski definition) is 6. The Morgan fingerprint density at radius 3 is 2.79 bits per heavy atom. The molecule has 1 atom stereocenters. The van der Waals surface area contributed by atoms with Crippen molar-refractivity contribution >= 4 is 23.3 Å². The molecular weight excluding hydrogens is 374 g/mol. The number of piperidine rings is 1. The average Bonchev–Trinajstić information content (AvgIpc) is 3.07. The minimum atomic E-state index is -0.300. The number of likely N-dealkylation sites (tertiary alicyclic amines) is 1. The van der Waals surface area contributed by atoms with Gasteiger partial charge in [-0.3, -0.25) is 4.99 Å². The summed E-state index contributed by atoms with van der Waals surface area (Å²) >= 11 is 1.38. The molecule has 7 nitrogen and oxygen atoms in total. The summed E-state index contributed by atoms with van der Waals surface area (Å²) in [5, 5.41) is 7.59. The van der Waals surface area contributed by atoms with Crippen molar-refractivity contribution in [1.29, 1.82) is 0 Å². The van der Waals surface area contributed by atoms with Crippen molar-refractivity contribution in [1.82, 2.24) is 20.5 Å². The summed E-state index contributed by atoms with van der Waals surface area (Å²) in [6.45, 7) is 12.8. The number of nitrogens with one attached hydrogen (secondary N) is 2. The van der Waals surface area contributed by atoms with E-state index in [4.69, 9.17) is 4.74 Å². The molecule has 1 aliphatic heterocycles. The fraction of sp³-hybridized carbons (Fsp3) is 0.750. The van der Waals surface area contributed by atoms with E-state index in [0.29, 0.717) is 17.2 Å². The Hall–Kier alpha value is -1.67. The van der Waals surface area contributed by atoms with Crippen molar-refractivity contribution in [3.05, 3.63) is 15.6 Å². The van der Waals surface area contributed by atoms with Gasteiger partial charge < -0.3 is 20.3 Å². The molecule has 1 saturated heterocycles. The Morgan fingerprint density at radius 2 is 2.14 bits per heavy atom. The number of rotatable bonds is 8. The minimum Gasteiger partial charge on any atom is -0.462 e. The van der Waals surface area contributed by atoms with Gasteiger partial charge in [-0.1, -0.05) is 6.92 Å². The van der Waals surface area contributed by atoms with Crippen LogP contribution in [0.4, 0.5) is 0 Å². The lowest BCUT2D eigenvalue weighted by molar-refractivity contribution is 0.0531. The van der Waals surface area contributed by atoms with E-state index in [1.807, 2.05) is 13.8 Å². The molecule has 8 heteroatoms. The first kappa shape index (κ1) is 22.6. The van der Waals surface area contributed by atoms with Gasteiger partial charge in [0.15, 0.2) is 5.96 Å². The van der Waals surface area contributed by atoms with Crippen LogP contribution in [0.1, 0.15) is 66.4 Å². The lowest BCUT2D eigenvalue weighted by Crippen LogP contribution is -2.40. The molecule has 0 saturated carbocycles. The lowest BCUT2D eigenvalue weighted by Gasteiger charge is -2.30. The maximum Gasteiger partial charge on any atom is 0.350 e. The number of thiazole rings is 1. The molecule has 2 heterocycles. The highest BCUT2D eigenvalue weighted by atomic mass is 32.1. The number of carbonyl (C=O) groups excluding carboxylic acids is 1. The Balaban J connectivity index is 1.77. The van der Waals surface area contributed by atoms with Crippen molar-refractivity contribution in [3.8, 4) is 0 Å². The van der Waals surface area contributed by atoms with E-state index < -0.39 is 0 Å². The van der Waals surface area contributed by atoms with Gasteiger partial charge in [-0.15, -0.1) is 11.3 Å². The predicted octanol–water partition coefficient (Wildman–Crippen LogP) is 2.98. The summed E-state index contributed by atoms with van der Waals surface area (Å²) in [7, 11) is 1.77. The molecule has 0 radical (unpaired) electrons. The van der Waals surface area contributed by atoms with Crippen molar-refractivity contribution in [2.75, 3.05) is 39.8 Å². The van der Waals surface area contributed by atoms with Crippen LogP contribution in [0.3, 0.4) is 0 Å². The second-order valence-corrected chi connectivity index (χ2v) is 8.46. The van der Waals surface area contributed by atoms with Gasteiger partial charge in [0, 0.05) is 13.6 Å². The number of guanidine groups is 1. The third kappa shape index (κ3) is 6.74. The Bertz CT molecular complexity index is 653. The molecule has 2 N–H and O–H groups in total. The van der Waals surface area contributed by atoms with E-state index >= 15 is 0 Å². The van der Waals surface area contributed by atoms with Crippen LogP contribution in [-0.4, -0.2) is 61.6 Å². The minimum absolute atomic E-state index is 0.0401. The second-order valence-electron chi connectivity index (χ2n) is 7.43. The van der Waals surface area contributed by atoms with Gasteiger partial charge in [-0.05, 0) is 65.6 Å². The number of hydrogen-bond donors (Lipinski definition) is 2. The number of esters is 1. The van der Waals surface area contributed by atoms with Gasteiger partial charge in [0.25, 0.3) is 0 Å². The van der Waals surface area contributed by atoms with Crippen molar-refractivity contribution in [2.45, 2.75) is 53.0 Å². The van der Waals surface area contributed by atoms with E-state index in [2.05, 4.69) is 32.4 Å². The van der Waals surface area contributed by atoms with Gasteiger partial charge in [-0.2, -0.15) is 0 Å². The maximum absolute atomic E-state index is 12.0. The highest BCUT2D eigenvalue weighted by Crippen LogP contribution is 2.24. The molecule has 1 fully saturated rings. The monoisotopic (exact) mass is 409 g/mol. The fourth-order valence-electron chi connectivity index (χ4n) is 3.25. The van der Waals surface area contributed by atoms with E-state index in [1.54, 1.807) is 14.0 Å². The Kier molecular flexibility index (Phi) is 9.18. The summed E-state index contributed by atoms with van der Waals surface area (Å²) in [5.74, 6) is 1.33. The van der Waals surface area contributed by atoms with Crippen LogP contribution >= 0.6 is 11.3 Å². The maximum atomic E-state index is 12.0. The molecular formula is C20H35N5O2S. The van der Waals surface area contributed by atoms with E-state index in [1.165, 1.54) is 37.3 Å². The van der Waals surface area contributed by atoms with Crippen LogP contribution in [0.25, 0.3) is 0 Å². The van der Waals surface area contributed by atoms with Crippen molar-refractivity contribution in [3.63, 3.8) is 0 Å². The average molecular weight is 410 g/mol. The van der Waals surface area contributed by atoms with Crippen LogP contribution in [0.5, 0.6) is 0 Å². The standard InChI is InChI=1S/C20H35N5O2S/c1-6-27-19(26)17-15(3)23-18(28-17)16(4)24-20(21-5)22-10-7-11-25-12-8-14(2)9-13-25/h14,16H,6-13H2,1-5H3,(H2,21,22,24). The van der Waals surface area contributed by atoms with Gasteiger partial charge in [0.1, 0.15) is 9.88 Å². The van der Waals surface area contributed by atoms with Gasteiger partial charge in [-0.25, -0.2) is 9.78 Å². The fourth-order valence-corrected chi connectivity index (χ4v) is 4.21. The van der Waals surface area contributed by atoms with E-state index in [-0.39, 0.29) is 12.0 Å². The summed E-state index contributed by atoms with van der Waals surface area (Å²) in [5.41, 5.74) is 0.714. The normalized spacial score (nSPS) is 17.4. The number of ether oxygens (including phenoxy) is 1. The quantitative estimate of drug-likeness (QED) is 0.297. The van der Waals surface area contributed by atoms with Crippen LogP contribution in [-0.2, 0) is 4.74 Å². The highest BCUT2D eigenvalue weighted by molar-refractivity contribution is 7.13. The van der Waals surface area contributed by atoms with Crippen molar-refractivity contribution < 1.29 is 9.53 Å². The summed E-state index contributed by atoms with van der Waals surface area (Å²) < 4.78 is 5.10. The van der Waals surface area contributed by atoms with Gasteiger partial charge in [0.2, 0.25) is 0 Å². The van der Waals surface area contributed by atoms with Crippen LogP contribution in [0, 0.1) is 12.8 Å². The molecule has 0 aliphatic carbocycles. The van der Waals surface area contributed by atoms with Crippen LogP contribution < -0.4 is 10.6 Å². The molecule has 1 aromatic heterocycles. The molecule has 1 aromatic rings. The molecule has 2 rings (SSSR count). The van der Waals surface area contributed by atoms with E-state index in [9.17, 15) is 4.79 Å². The largest absolute Gasteiger partial charge is 0.462 e. The number of aryl methyl sites for hydroxylation is 1. The van der Waals surface area contributed by atoms with E-state index in [0.717, 1.165) is 36.4 Å². The molecule has 0 bridgehead atoms. The molecule has 1 unspecified atom stereocenters. The molecule has 0 aromatic carbocycles. The number of carbonyl (C=O) groups is 1. The predicted molar refractivity (Wildman–Crippen MR) is 115 cm³/mol. The zero-order valence-electron chi connectivity index (χ0n) is 17.9. The smallest absolute Gasteiger partial charge is 0.350 e. The topological polar surface area (TPSA) is 78.8 Å². The first-order valence-corrected chi connectivity index (χ1v) is 11.1. The number of aromatic nitrogens is 1. The van der Waals surface area contributed by atoms with Crippen molar-refractivity contribution in [2.24, 2.45) is 10.9 Å². The summed E-state index contributed by atoms with van der Waals surface area (Å²) in [6, 6.07) is -0.0401.